The summed E-state index contributed by atoms with van der Waals surface area (Å²) in [6, 6.07) is 21.5. The zero-order chi connectivity index (χ0) is 15.4. The Morgan fingerprint density at radius 3 is 1.91 bits per heavy atom. The van der Waals surface area contributed by atoms with E-state index >= 15 is 0 Å². The van der Waals surface area contributed by atoms with E-state index in [2.05, 4.69) is 91.9 Å². The standard InChI is InChI=1S/C21H21P.Pa/c1-18-10-9-15-21(17-16-18)22(2,19-11-5-3-6-12-19)20-13-7-4-8-14-20;/h3-15,17H,2,16H2,1H3;. The molecule has 0 saturated heterocycles. The van der Waals surface area contributed by atoms with Crippen LogP contribution in [0.2, 0.25) is 0 Å². The van der Waals surface area contributed by atoms with Crippen molar-refractivity contribution in [2.24, 2.45) is 0 Å². The Morgan fingerprint density at radius 2 is 1.39 bits per heavy atom. The molecule has 0 fully saturated rings. The van der Waals surface area contributed by atoms with Crippen molar-refractivity contribution >= 4 is 23.8 Å². The van der Waals surface area contributed by atoms with E-state index in [0.717, 1.165) is 6.42 Å². The molecule has 2 heteroatoms. The van der Waals surface area contributed by atoms with Gasteiger partial charge < -0.3 is 0 Å². The summed E-state index contributed by atoms with van der Waals surface area (Å²) in [5.74, 6) is 0. The molecular weight excluding hydrogens is 514 g/mol. The van der Waals surface area contributed by atoms with E-state index in [1.165, 1.54) is 21.5 Å². The van der Waals surface area contributed by atoms with E-state index in [-0.39, 0.29) is 32.3 Å². The van der Waals surface area contributed by atoms with Crippen LogP contribution in [-0.4, -0.2) is 6.30 Å². The Balaban J connectivity index is 0.00000192. The summed E-state index contributed by atoms with van der Waals surface area (Å²) in [6.45, 7) is 0.366. The minimum atomic E-state index is -1.81. The molecule has 0 aliphatic heterocycles. The van der Waals surface area contributed by atoms with Gasteiger partial charge in [0.1, 0.15) is 0 Å². The number of hydrogen-bond donors (Lipinski definition) is 0. The number of hydrogen-bond acceptors (Lipinski definition) is 0. The van der Waals surface area contributed by atoms with Crippen molar-refractivity contribution in [3.05, 3.63) is 95.9 Å². The zero-order valence-electron chi connectivity index (χ0n) is 13.5. The van der Waals surface area contributed by atoms with Gasteiger partial charge in [-0.1, -0.05) is 96.8 Å². The smallest absolute Gasteiger partial charge is 0 e. The maximum absolute atomic E-state index is 4.77. The predicted molar refractivity (Wildman–Crippen MR) is 102 cm³/mol. The molecule has 0 bridgehead atoms. The van der Waals surface area contributed by atoms with Crippen molar-refractivity contribution in [3.8, 4) is 0 Å². The third-order valence-electron chi connectivity index (χ3n) is 4.12. The first-order valence-electron chi connectivity index (χ1n) is 7.60. The Kier molecular flexibility index (Phi) is 6.59. The molecule has 0 aromatic heterocycles. The quantitative estimate of drug-likeness (QED) is 0.492. The SMILES string of the molecule is C=P(C1=CCC(C)=CC=C1)(c1ccccc1)c1ccccc1.[Pa]. The fourth-order valence-corrected chi connectivity index (χ4v) is 5.81. The first-order valence-corrected chi connectivity index (χ1v) is 9.58. The average Bonchev–Trinajstić information content (AvgIpc) is 2.81. The molecule has 0 N–H and O–H groups in total. The summed E-state index contributed by atoms with van der Waals surface area (Å²) in [4.78, 5) is 0. The number of allylic oxidation sites excluding steroid dienone is 6. The van der Waals surface area contributed by atoms with Crippen LogP contribution in [0.4, 0.5) is 0 Å². The molecule has 1 aliphatic carbocycles. The van der Waals surface area contributed by atoms with Gasteiger partial charge in [0.25, 0.3) is 0 Å². The van der Waals surface area contributed by atoms with Crippen LogP contribution in [0.5, 0.6) is 0 Å². The monoisotopic (exact) mass is 535 g/mol. The molecule has 2 aromatic carbocycles. The summed E-state index contributed by atoms with van der Waals surface area (Å²) in [6.07, 6.45) is 14.7. The van der Waals surface area contributed by atoms with Crippen LogP contribution in [0.1, 0.15) is 13.3 Å². The van der Waals surface area contributed by atoms with Gasteiger partial charge in [0.05, 0.1) is 0 Å². The maximum atomic E-state index is 4.77. The Bertz CT molecular complexity index is 740. The molecule has 1 aliphatic rings. The van der Waals surface area contributed by atoms with E-state index in [1.807, 2.05) is 0 Å². The zero-order valence-corrected chi connectivity index (χ0v) is 19.2. The second-order valence-corrected chi connectivity index (χ2v) is 8.85. The average molecular weight is 535 g/mol. The summed E-state index contributed by atoms with van der Waals surface area (Å²) < 4.78 is 0. The summed E-state index contributed by atoms with van der Waals surface area (Å²) in [7, 11) is 0. The molecule has 0 atom stereocenters. The van der Waals surface area contributed by atoms with Gasteiger partial charge >= 0.3 is 0 Å². The Morgan fingerprint density at radius 1 is 0.870 bits per heavy atom. The fraction of sp³-hybridized carbons (Fsp3) is 0.0952. The largest absolute Gasteiger partial charge is 0.0887 e. The summed E-state index contributed by atoms with van der Waals surface area (Å²) >= 11 is 0. The normalized spacial score (nSPS) is 14.3. The molecule has 113 valence electrons. The number of rotatable bonds is 3. The van der Waals surface area contributed by atoms with Crippen LogP contribution in [-0.2, 0) is 0 Å². The molecule has 0 unspecified atom stereocenters. The van der Waals surface area contributed by atoms with Crippen molar-refractivity contribution in [3.63, 3.8) is 0 Å². The summed E-state index contributed by atoms with van der Waals surface area (Å²) in [5, 5.41) is 4.02. The first kappa shape index (κ1) is 18.4. The van der Waals surface area contributed by atoms with E-state index < -0.39 is 6.89 Å². The first-order chi connectivity index (χ1) is 10.7. The van der Waals surface area contributed by atoms with Crippen molar-refractivity contribution < 1.29 is 32.3 Å². The molecule has 0 saturated carbocycles. The van der Waals surface area contributed by atoms with E-state index in [0.29, 0.717) is 0 Å². The second-order valence-electron chi connectivity index (χ2n) is 5.69. The van der Waals surface area contributed by atoms with Gasteiger partial charge in [0.2, 0.25) is 0 Å². The minimum Gasteiger partial charge on any atom is -0.0887 e. The van der Waals surface area contributed by atoms with Gasteiger partial charge in [-0.05, 0) is 36.2 Å². The van der Waals surface area contributed by atoms with E-state index in [1.54, 1.807) is 0 Å². The van der Waals surface area contributed by atoms with Gasteiger partial charge in [-0.3, -0.25) is 0 Å². The molecule has 23 heavy (non-hydrogen) atoms. The van der Waals surface area contributed by atoms with Gasteiger partial charge in [-0.15, -0.1) is 0 Å². The van der Waals surface area contributed by atoms with Crippen LogP contribution in [0.3, 0.4) is 0 Å². The Labute approximate surface area is 164 Å². The van der Waals surface area contributed by atoms with Crippen LogP contribution < -0.4 is 10.6 Å². The maximum Gasteiger partial charge on any atom is 0 e. The van der Waals surface area contributed by atoms with E-state index in [4.69, 9.17) is 6.30 Å². The minimum absolute atomic E-state index is 0. The molecule has 2 aromatic rings. The van der Waals surface area contributed by atoms with Gasteiger partial charge in [0, 0.05) is 32.3 Å². The van der Waals surface area contributed by atoms with Gasteiger partial charge in [-0.25, -0.2) is 0 Å². The fourth-order valence-electron chi connectivity index (χ4n) is 2.81. The van der Waals surface area contributed by atoms with Crippen molar-refractivity contribution in [1.29, 1.82) is 0 Å². The molecule has 0 spiro atoms. The molecule has 0 nitrogen and oxygen atoms in total. The second kappa shape index (κ2) is 8.24. The Hall–Kier alpha value is -0.949. The predicted octanol–water partition coefficient (Wildman–Crippen LogP) is 4.88. The van der Waals surface area contributed by atoms with Crippen molar-refractivity contribution in [2.75, 3.05) is 0 Å². The molecule has 3 rings (SSSR count). The summed E-state index contributed by atoms with van der Waals surface area (Å²) in [5.41, 5.74) is 1.39. The molecular formula is C21H21PPa. The number of benzene rings is 2. The third kappa shape index (κ3) is 3.94. The molecule has 0 amide bonds. The van der Waals surface area contributed by atoms with Crippen LogP contribution in [0.15, 0.2) is 95.9 Å². The topological polar surface area (TPSA) is 0 Å². The van der Waals surface area contributed by atoms with Crippen molar-refractivity contribution in [1.82, 2.24) is 0 Å². The van der Waals surface area contributed by atoms with Gasteiger partial charge in [0.15, 0.2) is 0 Å². The van der Waals surface area contributed by atoms with E-state index in [9.17, 15) is 0 Å². The van der Waals surface area contributed by atoms with Gasteiger partial charge in [-0.2, -0.15) is 0 Å². The molecule has 0 heterocycles. The molecule has 1 radical (unpaired) electrons. The van der Waals surface area contributed by atoms with Crippen LogP contribution in [0.25, 0.3) is 0 Å². The third-order valence-corrected chi connectivity index (χ3v) is 7.69. The van der Waals surface area contributed by atoms with Crippen LogP contribution >= 0.6 is 6.89 Å². The van der Waals surface area contributed by atoms with Crippen molar-refractivity contribution in [2.45, 2.75) is 13.3 Å². The van der Waals surface area contributed by atoms with Crippen LogP contribution in [0, 0.1) is 32.3 Å².